The maximum Gasteiger partial charge on any atom is 0.327 e. The first kappa shape index (κ1) is 111. The number of guanidine groups is 1. The SMILES string of the molecule is CC[C@H](C)[C@H](NC(=O)[C@H](CCSC)NC(=O)[C@H](CCC(N)=O)NC(=O)[C@H](CCCCN)NC(=O)[C@H](CCCNC(=N)N)NC(=O)[C@H](CS)NC(=O)[C@@H]1CCCN1C(=O)[C@@H](N)CC(C)C)C(=O)N[C@@H](Cc1c[nH]c2ccccc12)C(=O)N[C@@H](CC(=O)O)C(=O)N[C@@H](Cc1c[nH]c2ccccc12)C(=O)N[C@@H](CCC(=O)O)C(=O)N[C@H](C(=O)N[C@@H](CC(N)=O)C(=O)N[C@@H](CS)C(=O)O)[C@@H](C)O. The number of amides is 16. The number of primary amides is 2. The highest BCUT2D eigenvalue weighted by Crippen LogP contribution is 2.25. The molecule has 1 aliphatic rings. The van der Waals surface area contributed by atoms with Crippen molar-refractivity contribution in [2.45, 2.75) is 247 Å². The largest absolute Gasteiger partial charge is 0.481 e. The molecule has 17 atom stereocenters. The highest BCUT2D eigenvalue weighted by molar-refractivity contribution is 7.98. The first-order chi connectivity index (χ1) is 62.9. The van der Waals surface area contributed by atoms with Gasteiger partial charge < -0.3 is 138 Å². The first-order valence-electron chi connectivity index (χ1n) is 43.5. The number of unbranched alkanes of at least 4 members (excludes halogenated alkanes) is 1. The van der Waals surface area contributed by atoms with E-state index in [1.165, 1.54) is 29.1 Å². The molecule has 5 rings (SSSR count). The van der Waals surface area contributed by atoms with Crippen LogP contribution >= 0.6 is 37.0 Å². The van der Waals surface area contributed by atoms with Crippen LogP contribution in [-0.4, -0.2) is 294 Å². The fraction of sp³-hybridized carbons (Fsp3) is 0.571. The van der Waals surface area contributed by atoms with Gasteiger partial charge in [0.05, 0.1) is 25.0 Å². The summed E-state index contributed by atoms with van der Waals surface area (Å²) in [5.74, 6) is -23.4. The summed E-state index contributed by atoms with van der Waals surface area (Å²) in [6, 6.07) is -11.1. The number of H-pyrrole nitrogens is 2. The van der Waals surface area contributed by atoms with E-state index in [4.69, 9.17) is 34.1 Å². The molecular formula is C84H127N23O23S3. The molecule has 734 valence electrons. The van der Waals surface area contributed by atoms with Gasteiger partial charge in [0.2, 0.25) is 94.5 Å². The monoisotopic (exact) mass is 1920 g/mol. The van der Waals surface area contributed by atoms with Crippen molar-refractivity contribution in [2.24, 2.45) is 40.5 Å². The van der Waals surface area contributed by atoms with Crippen molar-refractivity contribution in [1.29, 1.82) is 5.41 Å². The van der Waals surface area contributed by atoms with Crippen LogP contribution in [0.1, 0.15) is 148 Å². The lowest BCUT2D eigenvalue weighted by Gasteiger charge is -2.30. The van der Waals surface area contributed by atoms with Gasteiger partial charge in [-0.2, -0.15) is 37.0 Å². The number of thioether (sulfide) groups is 1. The zero-order valence-corrected chi connectivity index (χ0v) is 77.4. The number of hydrogen-bond acceptors (Lipinski definition) is 26. The molecule has 0 radical (unpaired) electrons. The first-order valence-corrected chi connectivity index (χ1v) is 46.1. The second-order valence-electron chi connectivity index (χ2n) is 32.8. The number of aromatic nitrogens is 2. The smallest absolute Gasteiger partial charge is 0.327 e. The number of fused-ring (bicyclic) bond motifs is 2. The van der Waals surface area contributed by atoms with Crippen LogP contribution in [0.2, 0.25) is 0 Å². The third kappa shape index (κ3) is 36.3. The van der Waals surface area contributed by atoms with Crippen LogP contribution in [0.3, 0.4) is 0 Å². The Labute approximate surface area is 782 Å². The Hall–Kier alpha value is -12.4. The number of carboxylic acid groups (broad SMARTS) is 3. The second kappa shape index (κ2) is 55.9. The van der Waals surface area contributed by atoms with E-state index < -0.39 is 278 Å². The molecule has 3 heterocycles. The van der Waals surface area contributed by atoms with Gasteiger partial charge in [-0.3, -0.25) is 91.7 Å². The summed E-state index contributed by atoms with van der Waals surface area (Å²) in [7, 11) is 0. The number of hydrogen-bond donors (Lipinski definition) is 28. The van der Waals surface area contributed by atoms with Crippen molar-refractivity contribution >= 4 is 177 Å². The van der Waals surface area contributed by atoms with E-state index in [-0.39, 0.29) is 82.0 Å². The number of rotatable bonds is 60. The van der Waals surface area contributed by atoms with Gasteiger partial charge in [0, 0.05) is 84.5 Å². The summed E-state index contributed by atoms with van der Waals surface area (Å²) >= 11 is 9.46. The normalized spacial score (nSPS) is 16.0. The minimum Gasteiger partial charge on any atom is -0.481 e. The molecule has 1 aliphatic heterocycles. The van der Waals surface area contributed by atoms with Gasteiger partial charge in [-0.1, -0.05) is 70.5 Å². The molecule has 1 saturated heterocycles. The minimum atomic E-state index is -2.15. The number of aromatic amines is 2. The lowest BCUT2D eigenvalue weighted by Crippen LogP contribution is -2.62. The molecule has 4 aromatic rings. The van der Waals surface area contributed by atoms with E-state index >= 15 is 19.2 Å². The van der Waals surface area contributed by atoms with Crippen LogP contribution in [0.15, 0.2) is 60.9 Å². The molecule has 1 fully saturated rings. The quantitative estimate of drug-likeness (QED) is 0.00853. The number of carbonyl (C=O) groups is 19. The molecule has 0 aliphatic carbocycles. The fourth-order valence-electron chi connectivity index (χ4n) is 14.5. The van der Waals surface area contributed by atoms with Crippen LogP contribution in [0.5, 0.6) is 0 Å². The van der Waals surface area contributed by atoms with Gasteiger partial charge in [-0.25, -0.2) is 4.79 Å². The molecule has 16 amide bonds. The Morgan fingerprint density at radius 3 is 1.38 bits per heavy atom. The summed E-state index contributed by atoms with van der Waals surface area (Å²) in [6.07, 6.45) is -1.51. The zero-order chi connectivity index (χ0) is 99.0. The molecular weight excluding hydrogens is 1800 g/mol. The van der Waals surface area contributed by atoms with E-state index in [0.29, 0.717) is 52.2 Å². The number of benzene rings is 2. The lowest BCUT2D eigenvalue weighted by molar-refractivity contribution is -0.142. The van der Waals surface area contributed by atoms with Crippen molar-refractivity contribution in [3.63, 3.8) is 0 Å². The van der Waals surface area contributed by atoms with Crippen LogP contribution in [0.25, 0.3) is 21.8 Å². The van der Waals surface area contributed by atoms with Crippen LogP contribution in [0, 0.1) is 17.2 Å². The van der Waals surface area contributed by atoms with E-state index in [9.17, 15) is 92.3 Å². The molecule has 46 nitrogen and oxygen atoms in total. The van der Waals surface area contributed by atoms with Gasteiger partial charge in [0.1, 0.15) is 84.6 Å². The number of aliphatic hydroxyl groups is 1. The van der Waals surface area contributed by atoms with E-state index in [2.05, 4.69) is 110 Å². The lowest BCUT2D eigenvalue weighted by atomic mass is 9.96. The number of thiol groups is 2. The van der Waals surface area contributed by atoms with Crippen LogP contribution in [0.4, 0.5) is 0 Å². The van der Waals surface area contributed by atoms with E-state index in [1.807, 2.05) is 13.8 Å². The highest BCUT2D eigenvalue weighted by Gasteiger charge is 2.43. The molecule has 31 N–H and O–H groups in total. The fourth-order valence-corrected chi connectivity index (χ4v) is 15.5. The Bertz CT molecular complexity index is 4750. The van der Waals surface area contributed by atoms with Crippen molar-refractivity contribution < 1.29 is 112 Å². The average molecular weight is 1920 g/mol. The number of aliphatic hydroxyl groups excluding tert-OH is 1. The van der Waals surface area contributed by atoms with Gasteiger partial charge in [0.15, 0.2) is 5.96 Å². The van der Waals surface area contributed by atoms with Gasteiger partial charge in [-0.15, -0.1) is 0 Å². The molecule has 0 saturated carbocycles. The molecule has 2 aromatic carbocycles. The topological polar surface area (TPSA) is 762 Å². The number of nitrogens with zero attached hydrogens (tertiary/aromatic N) is 1. The molecule has 0 spiro atoms. The summed E-state index contributed by atoms with van der Waals surface area (Å²) in [4.78, 5) is 271. The van der Waals surface area contributed by atoms with Gasteiger partial charge >= 0.3 is 17.9 Å². The van der Waals surface area contributed by atoms with Crippen LogP contribution in [-0.2, 0) is 104 Å². The third-order valence-corrected chi connectivity index (χ3v) is 23.3. The molecule has 2 aromatic heterocycles. The predicted octanol–water partition coefficient (Wildman–Crippen LogP) is -4.90. The number of nitrogens with two attached hydrogens (primary N) is 5. The summed E-state index contributed by atoms with van der Waals surface area (Å²) < 4.78 is 0. The standard InChI is InChI=1S/C84H127N23O23S3/c1-7-42(4)67(105-73(119)55(27-31-133-6)98-71(117)53(23-25-63(87)109)96-69(115)51(20-12-13-28-85)94-70(116)52(21-14-29-91-84(89)90)95-78(124)60(39-131)103-79(125)62-22-15-30-107(62)82(128)48(86)32-41(2)3)80(126)101-57(34-45-38-93-50-19-11-9-17-47(45)50)75(121)100-59(36-66(113)114)77(123)99-56(33-44-37-92-49-18-10-8-16-46(44)49)74(120)97-54(24-26-65(111)112)72(118)106-68(43(5)108)81(127)102-58(35-64(88)110)76(122)104-61(40-132)83(129)130/h8-11,16-19,37-38,41-43,48,51-62,67-68,92-93,108,131-132H,7,12-15,20-36,39-40,85-86H2,1-6H3,(H2,87,109)(H2,88,110)(H,94,116)(H,95,124)(H,96,115)(H,97,120)(H,98,117)(H,99,123)(H,100,121)(H,101,126)(H,102,127)(H,103,125)(H,104,122)(H,105,119)(H,106,118)(H,111,112)(H,113,114)(H,129,130)(H4,89,90,91)/t42-,43+,48-,51-,52-,53-,54-,55-,56-,57-,58-,59-,60-,61-,62-,67-,68-/m0/s1. The molecule has 0 bridgehead atoms. The van der Waals surface area contributed by atoms with Crippen LogP contribution < -0.4 is 103 Å². The number of likely N-dealkylation sites (tertiary alicyclic amines) is 1. The zero-order valence-electron chi connectivity index (χ0n) is 74.8. The Morgan fingerprint density at radius 1 is 0.504 bits per heavy atom. The number of nitrogens with one attached hydrogen (secondary N) is 17. The average Bonchev–Trinajstić information content (AvgIpc) is 1.71. The summed E-state index contributed by atoms with van der Waals surface area (Å²) in [5, 5.41) is 84.0. The van der Waals surface area contributed by atoms with Crippen molar-refractivity contribution in [2.75, 3.05) is 43.1 Å². The number of para-hydroxylation sites is 2. The Kier molecular flexibility index (Phi) is 46.7. The molecule has 133 heavy (non-hydrogen) atoms. The van der Waals surface area contributed by atoms with Crippen molar-refractivity contribution in [1.82, 2.24) is 89.3 Å². The number of carboxylic acids is 3. The Morgan fingerprint density at radius 2 is 0.925 bits per heavy atom. The second-order valence-corrected chi connectivity index (χ2v) is 34.5. The van der Waals surface area contributed by atoms with E-state index in [1.54, 1.807) is 68.6 Å². The molecule has 0 unspecified atom stereocenters. The maximum absolute atomic E-state index is 15.3. The van der Waals surface area contributed by atoms with Gasteiger partial charge in [-0.05, 0) is 131 Å². The Balaban J connectivity index is 1.46. The minimum absolute atomic E-state index is 0.0341. The third-order valence-electron chi connectivity index (χ3n) is 21.9. The predicted molar refractivity (Wildman–Crippen MR) is 494 cm³/mol. The number of carbonyl (C=O) groups excluding carboxylic acids is 16. The highest BCUT2D eigenvalue weighted by atomic mass is 32.2. The number of aliphatic carboxylic acids is 3. The summed E-state index contributed by atoms with van der Waals surface area (Å²) in [6.45, 7) is 8.44. The van der Waals surface area contributed by atoms with Gasteiger partial charge in [0.25, 0.3) is 0 Å². The summed E-state index contributed by atoms with van der Waals surface area (Å²) in [5.41, 5.74) is 30.3. The van der Waals surface area contributed by atoms with Crippen molar-refractivity contribution in [3.8, 4) is 0 Å². The van der Waals surface area contributed by atoms with E-state index in [0.717, 1.165) is 6.92 Å². The van der Waals surface area contributed by atoms with Crippen molar-refractivity contribution in [3.05, 3.63) is 72.1 Å². The molecule has 49 heteroatoms. The maximum atomic E-state index is 15.3.